The lowest BCUT2D eigenvalue weighted by Crippen LogP contribution is -2.12. The van der Waals surface area contributed by atoms with Crippen LogP contribution in [0, 0.1) is 0 Å². The zero-order valence-corrected chi connectivity index (χ0v) is 20.5. The smallest absolute Gasteiger partial charge is 0.268 e. The van der Waals surface area contributed by atoms with E-state index in [0.717, 1.165) is 16.3 Å². The van der Waals surface area contributed by atoms with Gasteiger partial charge in [-0.3, -0.25) is 10.1 Å². The van der Waals surface area contributed by atoms with Crippen molar-refractivity contribution in [2.24, 2.45) is 0 Å². The van der Waals surface area contributed by atoms with Crippen molar-refractivity contribution in [3.05, 3.63) is 114 Å². The van der Waals surface area contributed by atoms with E-state index in [1.54, 1.807) is 54.6 Å². The number of anilines is 1. The van der Waals surface area contributed by atoms with E-state index in [9.17, 15) is 13.2 Å². The third kappa shape index (κ3) is 3.77. The summed E-state index contributed by atoms with van der Waals surface area (Å²) in [6.45, 7) is 0. The van der Waals surface area contributed by atoms with Crippen molar-refractivity contribution in [2.45, 2.75) is 4.90 Å². The molecule has 0 saturated carbocycles. The normalized spacial score (nSPS) is 11.7. The number of para-hydroxylation sites is 1. The number of fused-ring (bicyclic) bond motifs is 3. The van der Waals surface area contributed by atoms with Gasteiger partial charge in [0.05, 0.1) is 21.6 Å². The molecule has 0 spiro atoms. The minimum absolute atomic E-state index is 0.220. The van der Waals surface area contributed by atoms with Gasteiger partial charge in [0, 0.05) is 27.3 Å². The van der Waals surface area contributed by atoms with Gasteiger partial charge in [-0.05, 0) is 36.4 Å². The van der Waals surface area contributed by atoms with Crippen molar-refractivity contribution < 1.29 is 13.2 Å². The van der Waals surface area contributed by atoms with Crippen LogP contribution in [0.5, 0.6) is 0 Å². The molecule has 6 aromatic rings. The van der Waals surface area contributed by atoms with Crippen molar-refractivity contribution in [1.29, 1.82) is 0 Å². The molecule has 0 bridgehead atoms. The Morgan fingerprint density at radius 1 is 0.778 bits per heavy atom. The van der Waals surface area contributed by atoms with E-state index in [1.165, 1.54) is 15.3 Å². The highest BCUT2D eigenvalue weighted by Crippen LogP contribution is 2.35. The van der Waals surface area contributed by atoms with Gasteiger partial charge in [0.15, 0.2) is 5.13 Å². The summed E-state index contributed by atoms with van der Waals surface area (Å²) in [5.41, 5.74) is 3.14. The van der Waals surface area contributed by atoms with Crippen LogP contribution >= 0.6 is 11.3 Å². The molecular formula is C28H19N3O3S2. The van der Waals surface area contributed by atoms with E-state index in [0.29, 0.717) is 27.4 Å². The molecule has 0 aliphatic rings. The molecule has 4 aromatic carbocycles. The molecule has 2 heterocycles. The average Bonchev–Trinajstić information content (AvgIpc) is 3.52. The molecule has 0 saturated heterocycles. The Labute approximate surface area is 211 Å². The van der Waals surface area contributed by atoms with Crippen molar-refractivity contribution >= 4 is 54.2 Å². The minimum Gasteiger partial charge on any atom is -0.298 e. The molecule has 1 N–H and O–H groups in total. The molecule has 0 aliphatic carbocycles. The SMILES string of the molecule is O=C(Nc1nc(-c2ccc3c4ccccc4n(S(=O)(=O)c4ccccc4)c3c2)cs1)c1ccccc1. The number of nitrogens with zero attached hydrogens (tertiary/aromatic N) is 2. The second-order valence-corrected chi connectivity index (χ2v) is 10.8. The maximum atomic E-state index is 13.7. The van der Waals surface area contributed by atoms with E-state index in [1.807, 2.05) is 53.9 Å². The molecular weight excluding hydrogens is 490 g/mol. The Hall–Kier alpha value is -4.27. The first-order valence-corrected chi connectivity index (χ1v) is 13.5. The van der Waals surface area contributed by atoms with Gasteiger partial charge >= 0.3 is 0 Å². The van der Waals surface area contributed by atoms with Gasteiger partial charge in [-0.25, -0.2) is 17.4 Å². The van der Waals surface area contributed by atoms with Crippen LogP contribution in [0.25, 0.3) is 33.1 Å². The number of hydrogen-bond acceptors (Lipinski definition) is 5. The summed E-state index contributed by atoms with van der Waals surface area (Å²) in [4.78, 5) is 17.3. The molecule has 6 rings (SSSR count). The molecule has 0 radical (unpaired) electrons. The number of hydrogen-bond donors (Lipinski definition) is 1. The molecule has 0 atom stereocenters. The van der Waals surface area contributed by atoms with Crippen LogP contribution in [0.2, 0.25) is 0 Å². The van der Waals surface area contributed by atoms with Crippen LogP contribution in [0.3, 0.4) is 0 Å². The first-order valence-electron chi connectivity index (χ1n) is 11.2. The fourth-order valence-electron chi connectivity index (χ4n) is 4.27. The van der Waals surface area contributed by atoms with Crippen LogP contribution < -0.4 is 5.32 Å². The summed E-state index contributed by atoms with van der Waals surface area (Å²) in [5.74, 6) is -0.235. The zero-order chi connectivity index (χ0) is 24.7. The third-order valence-electron chi connectivity index (χ3n) is 5.97. The highest BCUT2D eigenvalue weighted by Gasteiger charge is 2.23. The lowest BCUT2D eigenvalue weighted by atomic mass is 10.1. The molecule has 0 aliphatic heterocycles. The number of carbonyl (C=O) groups excluding carboxylic acids is 1. The summed E-state index contributed by atoms with van der Waals surface area (Å²) in [6, 6.07) is 30.5. The largest absolute Gasteiger partial charge is 0.298 e. The average molecular weight is 510 g/mol. The predicted octanol–water partition coefficient (Wildman–Crippen LogP) is 6.41. The van der Waals surface area contributed by atoms with Gasteiger partial charge in [-0.1, -0.05) is 66.7 Å². The Morgan fingerprint density at radius 3 is 2.22 bits per heavy atom. The van der Waals surface area contributed by atoms with Crippen molar-refractivity contribution in [2.75, 3.05) is 5.32 Å². The number of benzene rings is 4. The Kier molecular flexibility index (Phi) is 5.40. The van der Waals surface area contributed by atoms with Crippen molar-refractivity contribution in [3.63, 3.8) is 0 Å². The number of aromatic nitrogens is 2. The van der Waals surface area contributed by atoms with Crippen LogP contribution in [0.1, 0.15) is 10.4 Å². The van der Waals surface area contributed by atoms with Gasteiger partial charge in [0.25, 0.3) is 15.9 Å². The lowest BCUT2D eigenvalue weighted by molar-refractivity contribution is 0.102. The Bertz CT molecular complexity index is 1840. The fourth-order valence-corrected chi connectivity index (χ4v) is 6.53. The van der Waals surface area contributed by atoms with Gasteiger partial charge in [0.2, 0.25) is 0 Å². The minimum atomic E-state index is -3.85. The van der Waals surface area contributed by atoms with Crippen molar-refractivity contribution in [1.82, 2.24) is 8.96 Å². The Balaban J connectivity index is 1.45. The van der Waals surface area contributed by atoms with Gasteiger partial charge < -0.3 is 0 Å². The van der Waals surface area contributed by atoms with E-state index in [2.05, 4.69) is 10.3 Å². The standard InChI is InChI=1S/C28H19N3O3S2/c32-27(19-9-3-1-4-10-19)30-28-29-24(18-35-28)20-15-16-23-22-13-7-8-14-25(22)31(26(23)17-20)36(33,34)21-11-5-2-6-12-21/h1-18H,(H,29,30,32). The van der Waals surface area contributed by atoms with E-state index < -0.39 is 10.0 Å². The topological polar surface area (TPSA) is 81.1 Å². The predicted molar refractivity (Wildman–Crippen MR) is 144 cm³/mol. The summed E-state index contributed by atoms with van der Waals surface area (Å²) in [5, 5.41) is 6.84. The maximum Gasteiger partial charge on any atom is 0.268 e. The highest BCUT2D eigenvalue weighted by molar-refractivity contribution is 7.90. The Morgan fingerprint density at radius 2 is 1.44 bits per heavy atom. The van der Waals surface area contributed by atoms with E-state index >= 15 is 0 Å². The molecule has 2 aromatic heterocycles. The third-order valence-corrected chi connectivity index (χ3v) is 8.47. The number of nitrogens with one attached hydrogen (secondary N) is 1. The van der Waals surface area contributed by atoms with Gasteiger partial charge in [-0.2, -0.15) is 0 Å². The molecule has 36 heavy (non-hydrogen) atoms. The quantitative estimate of drug-likeness (QED) is 0.291. The fraction of sp³-hybridized carbons (Fsp3) is 0. The summed E-state index contributed by atoms with van der Waals surface area (Å²) in [6.07, 6.45) is 0. The first-order chi connectivity index (χ1) is 17.5. The van der Waals surface area contributed by atoms with Gasteiger partial charge in [-0.15, -0.1) is 11.3 Å². The van der Waals surface area contributed by atoms with Crippen molar-refractivity contribution in [3.8, 4) is 11.3 Å². The monoisotopic (exact) mass is 509 g/mol. The number of thiazole rings is 1. The zero-order valence-electron chi connectivity index (χ0n) is 18.8. The maximum absolute atomic E-state index is 13.7. The lowest BCUT2D eigenvalue weighted by Gasteiger charge is -2.09. The second-order valence-electron chi connectivity index (χ2n) is 8.19. The molecule has 8 heteroatoms. The van der Waals surface area contributed by atoms with E-state index in [-0.39, 0.29) is 10.8 Å². The molecule has 6 nitrogen and oxygen atoms in total. The summed E-state index contributed by atoms with van der Waals surface area (Å²) < 4.78 is 28.9. The van der Waals surface area contributed by atoms with Crippen LogP contribution in [-0.2, 0) is 10.0 Å². The van der Waals surface area contributed by atoms with Gasteiger partial charge in [0.1, 0.15) is 0 Å². The number of rotatable bonds is 5. The van der Waals surface area contributed by atoms with Crippen LogP contribution in [0.15, 0.2) is 113 Å². The highest BCUT2D eigenvalue weighted by atomic mass is 32.2. The molecule has 1 amide bonds. The number of amides is 1. The van der Waals surface area contributed by atoms with Crippen LogP contribution in [0.4, 0.5) is 5.13 Å². The molecule has 0 unspecified atom stereocenters. The summed E-state index contributed by atoms with van der Waals surface area (Å²) >= 11 is 1.32. The number of carbonyl (C=O) groups is 1. The first kappa shape index (κ1) is 22.2. The molecule has 176 valence electrons. The van der Waals surface area contributed by atoms with Crippen LogP contribution in [-0.4, -0.2) is 23.3 Å². The molecule has 0 fully saturated rings. The summed E-state index contributed by atoms with van der Waals surface area (Å²) in [7, 11) is -3.85. The van der Waals surface area contributed by atoms with E-state index in [4.69, 9.17) is 0 Å². The second kappa shape index (κ2) is 8.75.